The van der Waals surface area contributed by atoms with Crippen LogP contribution in [0.3, 0.4) is 0 Å². The van der Waals surface area contributed by atoms with Crippen molar-refractivity contribution in [2.75, 3.05) is 0 Å². The van der Waals surface area contributed by atoms with E-state index >= 15 is 0 Å². The van der Waals surface area contributed by atoms with Gasteiger partial charge in [0.15, 0.2) is 0 Å². The monoisotopic (exact) mass is 258 g/mol. The van der Waals surface area contributed by atoms with Crippen molar-refractivity contribution in [3.05, 3.63) is 0 Å². The first-order valence-corrected chi connectivity index (χ1v) is 7.90. The molecule has 0 heterocycles. The van der Waals surface area contributed by atoms with E-state index < -0.39 is 12.3 Å². The number of alkyl halides is 2. The molecule has 6 atom stereocenters. The molecule has 0 radical (unpaired) electrons. The van der Waals surface area contributed by atoms with Crippen LogP contribution in [0.15, 0.2) is 0 Å². The van der Waals surface area contributed by atoms with Gasteiger partial charge in [0.1, 0.15) is 12.3 Å². The van der Waals surface area contributed by atoms with E-state index in [1.54, 1.807) is 0 Å². The average molecular weight is 258 g/mol. The zero-order valence-electron chi connectivity index (χ0n) is 11.9. The Balaban J connectivity index is 1.96. The lowest BCUT2D eigenvalue weighted by molar-refractivity contribution is 0.0518. The Hall–Kier alpha value is -0.140. The summed E-state index contributed by atoms with van der Waals surface area (Å²) < 4.78 is 27.6. The molecule has 0 aromatic rings. The highest BCUT2D eigenvalue weighted by atomic mass is 19.1. The zero-order chi connectivity index (χ0) is 13.1. The molecular formula is C16H28F2. The first-order valence-electron chi connectivity index (χ1n) is 7.90. The molecule has 0 nitrogen and oxygen atoms in total. The summed E-state index contributed by atoms with van der Waals surface area (Å²) >= 11 is 0. The van der Waals surface area contributed by atoms with Crippen LogP contribution in [-0.2, 0) is 0 Å². The van der Waals surface area contributed by atoms with Crippen LogP contribution in [-0.4, -0.2) is 12.3 Å². The molecule has 2 aliphatic rings. The molecule has 2 fully saturated rings. The Morgan fingerprint density at radius 2 is 1.06 bits per heavy atom. The van der Waals surface area contributed by atoms with Crippen molar-refractivity contribution in [3.8, 4) is 0 Å². The summed E-state index contributed by atoms with van der Waals surface area (Å²) in [4.78, 5) is 0. The van der Waals surface area contributed by atoms with Crippen molar-refractivity contribution in [2.45, 2.75) is 77.6 Å². The van der Waals surface area contributed by atoms with E-state index in [2.05, 4.69) is 13.8 Å². The molecule has 2 saturated carbocycles. The topological polar surface area (TPSA) is 0 Å². The van der Waals surface area contributed by atoms with Crippen LogP contribution in [0, 0.1) is 23.7 Å². The van der Waals surface area contributed by atoms with Gasteiger partial charge in [-0.25, -0.2) is 8.78 Å². The van der Waals surface area contributed by atoms with Gasteiger partial charge in [-0.3, -0.25) is 0 Å². The molecule has 106 valence electrons. The summed E-state index contributed by atoms with van der Waals surface area (Å²) in [5, 5.41) is 0. The molecule has 2 heteroatoms. The summed E-state index contributed by atoms with van der Waals surface area (Å²) in [5.74, 6) is 1.98. The first-order chi connectivity index (χ1) is 8.62. The van der Waals surface area contributed by atoms with Gasteiger partial charge in [-0.05, 0) is 62.2 Å². The van der Waals surface area contributed by atoms with Gasteiger partial charge in [0, 0.05) is 0 Å². The van der Waals surface area contributed by atoms with Crippen LogP contribution in [0.2, 0.25) is 0 Å². The summed E-state index contributed by atoms with van der Waals surface area (Å²) in [6.07, 6.45) is 6.08. The molecule has 0 amide bonds. The number of hydrogen-bond donors (Lipinski definition) is 0. The summed E-state index contributed by atoms with van der Waals surface area (Å²) in [6, 6.07) is 0. The number of rotatable bonds is 3. The molecule has 6 unspecified atom stereocenters. The quantitative estimate of drug-likeness (QED) is 0.643. The highest BCUT2D eigenvalue weighted by Crippen LogP contribution is 2.44. The summed E-state index contributed by atoms with van der Waals surface area (Å²) in [7, 11) is 0. The maximum Gasteiger partial charge on any atom is 0.101 e. The van der Waals surface area contributed by atoms with Gasteiger partial charge >= 0.3 is 0 Å². The summed E-state index contributed by atoms with van der Waals surface area (Å²) in [5.41, 5.74) is 0. The minimum Gasteiger partial charge on any atom is -0.247 e. The predicted molar refractivity (Wildman–Crippen MR) is 72.0 cm³/mol. The lowest BCUT2D eigenvalue weighted by Gasteiger charge is -2.40. The number of halogens is 2. The fourth-order valence-electron chi connectivity index (χ4n) is 4.25. The predicted octanol–water partition coefficient (Wildman–Crippen LogP) is 5.32. The normalized spacial score (nSPS) is 46.0. The molecule has 18 heavy (non-hydrogen) atoms. The fraction of sp³-hybridized carbons (Fsp3) is 1.00. The molecule has 2 aliphatic carbocycles. The van der Waals surface area contributed by atoms with E-state index in [-0.39, 0.29) is 0 Å². The molecule has 0 N–H and O–H groups in total. The minimum atomic E-state index is -0.631. The van der Waals surface area contributed by atoms with E-state index in [9.17, 15) is 8.78 Å². The SMILES string of the molecule is CCC1CC(F)CC(C2CC(F)CC(CC)C2)C1. The first kappa shape index (κ1) is 14.3. The Kier molecular flexibility index (Phi) is 5.03. The lowest BCUT2D eigenvalue weighted by atomic mass is 9.66. The van der Waals surface area contributed by atoms with Crippen LogP contribution in [0.1, 0.15) is 65.2 Å². The Morgan fingerprint density at radius 1 is 0.667 bits per heavy atom. The molecular weight excluding hydrogens is 230 g/mol. The fourth-order valence-corrected chi connectivity index (χ4v) is 4.25. The van der Waals surface area contributed by atoms with Crippen molar-refractivity contribution in [1.29, 1.82) is 0 Å². The van der Waals surface area contributed by atoms with Crippen molar-refractivity contribution in [3.63, 3.8) is 0 Å². The van der Waals surface area contributed by atoms with E-state index in [0.29, 0.717) is 36.5 Å². The largest absolute Gasteiger partial charge is 0.247 e. The second-order valence-corrected chi connectivity index (χ2v) is 6.68. The zero-order valence-corrected chi connectivity index (χ0v) is 11.9. The number of hydrogen-bond acceptors (Lipinski definition) is 0. The third-order valence-electron chi connectivity index (χ3n) is 5.39. The highest BCUT2D eigenvalue weighted by molar-refractivity contribution is 4.87. The van der Waals surface area contributed by atoms with Gasteiger partial charge in [0.25, 0.3) is 0 Å². The Bertz CT molecular complexity index is 227. The molecule has 0 aromatic carbocycles. The van der Waals surface area contributed by atoms with Gasteiger partial charge in [0.2, 0.25) is 0 Å². The van der Waals surface area contributed by atoms with Crippen LogP contribution in [0.25, 0.3) is 0 Å². The molecule has 0 aliphatic heterocycles. The smallest absolute Gasteiger partial charge is 0.101 e. The van der Waals surface area contributed by atoms with Crippen molar-refractivity contribution in [2.24, 2.45) is 23.7 Å². The van der Waals surface area contributed by atoms with Crippen molar-refractivity contribution >= 4 is 0 Å². The van der Waals surface area contributed by atoms with Gasteiger partial charge in [0.05, 0.1) is 0 Å². The maximum absolute atomic E-state index is 13.8. The third kappa shape index (κ3) is 3.45. The van der Waals surface area contributed by atoms with Gasteiger partial charge in [-0.1, -0.05) is 26.7 Å². The third-order valence-corrected chi connectivity index (χ3v) is 5.39. The van der Waals surface area contributed by atoms with Crippen LogP contribution in [0.5, 0.6) is 0 Å². The minimum absolute atomic E-state index is 0.450. The van der Waals surface area contributed by atoms with Crippen molar-refractivity contribution < 1.29 is 8.78 Å². The summed E-state index contributed by atoms with van der Waals surface area (Å²) in [6.45, 7) is 4.32. The second kappa shape index (κ2) is 6.34. The lowest BCUT2D eigenvalue weighted by Crippen LogP contribution is -2.34. The van der Waals surface area contributed by atoms with Crippen LogP contribution < -0.4 is 0 Å². The van der Waals surface area contributed by atoms with E-state index in [4.69, 9.17) is 0 Å². The molecule has 0 spiro atoms. The highest BCUT2D eigenvalue weighted by Gasteiger charge is 2.37. The van der Waals surface area contributed by atoms with E-state index in [0.717, 1.165) is 38.5 Å². The molecule has 0 bridgehead atoms. The van der Waals surface area contributed by atoms with Gasteiger partial charge in [-0.2, -0.15) is 0 Å². The molecule has 2 rings (SSSR count). The van der Waals surface area contributed by atoms with Crippen molar-refractivity contribution in [1.82, 2.24) is 0 Å². The van der Waals surface area contributed by atoms with E-state index in [1.807, 2.05) is 0 Å². The Labute approximate surface area is 111 Å². The van der Waals surface area contributed by atoms with Crippen LogP contribution >= 0.6 is 0 Å². The standard InChI is InChI=1S/C16H28F2/c1-3-11-5-13(9-15(17)7-11)14-6-12(4-2)8-16(18)10-14/h11-16H,3-10H2,1-2H3. The molecule has 0 saturated heterocycles. The van der Waals surface area contributed by atoms with Crippen LogP contribution in [0.4, 0.5) is 8.78 Å². The average Bonchev–Trinajstić information content (AvgIpc) is 2.37. The van der Waals surface area contributed by atoms with Gasteiger partial charge in [-0.15, -0.1) is 0 Å². The maximum atomic E-state index is 13.8. The molecule has 0 aromatic heterocycles. The Morgan fingerprint density at radius 3 is 1.39 bits per heavy atom. The second-order valence-electron chi connectivity index (χ2n) is 6.68. The van der Waals surface area contributed by atoms with E-state index in [1.165, 1.54) is 0 Å². The van der Waals surface area contributed by atoms with Gasteiger partial charge < -0.3 is 0 Å².